The third-order valence-corrected chi connectivity index (χ3v) is 6.57. The van der Waals surface area contributed by atoms with E-state index >= 15 is 0 Å². The molecule has 5 aromatic rings. The van der Waals surface area contributed by atoms with E-state index in [2.05, 4.69) is 37.8 Å². The van der Waals surface area contributed by atoms with Gasteiger partial charge in [0.2, 0.25) is 5.82 Å². The van der Waals surface area contributed by atoms with Crippen molar-refractivity contribution in [3.05, 3.63) is 71.6 Å². The summed E-state index contributed by atoms with van der Waals surface area (Å²) in [7, 11) is 0. The monoisotopic (exact) mass is 473 g/mol. The molecule has 0 radical (unpaired) electrons. The second-order valence-corrected chi connectivity index (χ2v) is 8.82. The fourth-order valence-electron chi connectivity index (χ4n) is 4.02. The summed E-state index contributed by atoms with van der Waals surface area (Å²) < 4.78 is 19.2. The smallest absolute Gasteiger partial charge is 0.205 e. The first-order valence-corrected chi connectivity index (χ1v) is 11.8. The van der Waals surface area contributed by atoms with Crippen LogP contribution in [0.5, 0.6) is 0 Å². The summed E-state index contributed by atoms with van der Waals surface area (Å²) in [6.07, 6.45) is 0. The van der Waals surface area contributed by atoms with E-state index in [1.165, 1.54) is 16.9 Å². The zero-order chi connectivity index (χ0) is 22.9. The van der Waals surface area contributed by atoms with Crippen molar-refractivity contribution in [2.24, 2.45) is 0 Å². The summed E-state index contributed by atoms with van der Waals surface area (Å²) in [5.41, 5.74) is 2.63. The molecule has 0 aliphatic carbocycles. The molecule has 1 aliphatic heterocycles. The molecule has 0 atom stereocenters. The topological polar surface area (TPSA) is 81.9 Å². The molecule has 34 heavy (non-hydrogen) atoms. The average Bonchev–Trinajstić information content (AvgIpc) is 3.53. The predicted octanol–water partition coefficient (Wildman–Crippen LogP) is 3.97. The van der Waals surface area contributed by atoms with Gasteiger partial charge in [0.15, 0.2) is 5.82 Å². The van der Waals surface area contributed by atoms with E-state index in [0.29, 0.717) is 42.8 Å². The van der Waals surface area contributed by atoms with Crippen molar-refractivity contribution in [1.82, 2.24) is 35.1 Å². The van der Waals surface area contributed by atoms with Crippen LogP contribution in [0.1, 0.15) is 5.82 Å². The number of thiophene rings is 1. The first kappa shape index (κ1) is 21.0. The Morgan fingerprint density at radius 2 is 1.79 bits per heavy atom. The highest BCUT2D eigenvalue weighted by molar-refractivity contribution is 7.17. The van der Waals surface area contributed by atoms with Crippen molar-refractivity contribution in [3.63, 3.8) is 0 Å². The van der Waals surface area contributed by atoms with E-state index < -0.39 is 0 Å². The average molecular weight is 474 g/mol. The third-order valence-electron chi connectivity index (χ3n) is 5.70. The van der Waals surface area contributed by atoms with Gasteiger partial charge in [-0.25, -0.2) is 14.4 Å². The number of ether oxygens (including phenoxy) is 1. The molecule has 6 rings (SSSR count). The van der Waals surface area contributed by atoms with Gasteiger partial charge in [-0.3, -0.25) is 4.90 Å². The number of benzene rings is 2. The largest absolute Gasteiger partial charge is 0.379 e. The molecule has 1 fully saturated rings. The van der Waals surface area contributed by atoms with E-state index in [0.717, 1.165) is 34.4 Å². The minimum absolute atomic E-state index is 0.331. The zero-order valence-corrected chi connectivity index (χ0v) is 19.0. The molecule has 10 heteroatoms. The number of rotatable bonds is 5. The molecule has 3 aromatic heterocycles. The van der Waals surface area contributed by atoms with E-state index in [-0.39, 0.29) is 5.82 Å². The molecule has 0 bridgehead atoms. The summed E-state index contributed by atoms with van der Waals surface area (Å²) in [6.45, 7) is 3.68. The Labute approximate surface area is 198 Å². The molecule has 0 unspecified atom stereocenters. The van der Waals surface area contributed by atoms with E-state index in [4.69, 9.17) is 14.7 Å². The lowest BCUT2D eigenvalue weighted by molar-refractivity contribution is 0.0331. The van der Waals surface area contributed by atoms with Gasteiger partial charge < -0.3 is 4.74 Å². The van der Waals surface area contributed by atoms with Crippen LogP contribution in [0.25, 0.3) is 38.5 Å². The highest BCUT2D eigenvalue weighted by atomic mass is 32.1. The van der Waals surface area contributed by atoms with Crippen molar-refractivity contribution in [2.45, 2.75) is 6.54 Å². The lowest BCUT2D eigenvalue weighted by atomic mass is 10.1. The number of morpholine rings is 1. The van der Waals surface area contributed by atoms with Crippen LogP contribution < -0.4 is 0 Å². The summed E-state index contributed by atoms with van der Waals surface area (Å²) in [5, 5.41) is 16.0. The van der Waals surface area contributed by atoms with Crippen molar-refractivity contribution in [2.75, 3.05) is 26.3 Å². The molecule has 1 saturated heterocycles. The van der Waals surface area contributed by atoms with Crippen LogP contribution in [0.3, 0.4) is 0 Å². The zero-order valence-electron chi connectivity index (χ0n) is 18.1. The molecule has 0 saturated carbocycles. The van der Waals surface area contributed by atoms with Crippen LogP contribution in [0, 0.1) is 5.82 Å². The standard InChI is InChI=1S/C24H20FN7OS/c25-18-8-4-7-17(13-18)22-28-30-32(29-22)23-21-19(16-5-2-1-3-6-16)15-34-24(21)27-20(26-23)14-31-9-11-33-12-10-31/h1-8,13,15H,9-12,14H2. The third kappa shape index (κ3) is 4.07. The van der Waals surface area contributed by atoms with Gasteiger partial charge in [0.1, 0.15) is 16.5 Å². The summed E-state index contributed by atoms with van der Waals surface area (Å²) in [6, 6.07) is 16.3. The van der Waals surface area contributed by atoms with Crippen molar-refractivity contribution in [1.29, 1.82) is 0 Å². The van der Waals surface area contributed by atoms with Crippen molar-refractivity contribution >= 4 is 21.6 Å². The Morgan fingerprint density at radius 3 is 2.62 bits per heavy atom. The van der Waals surface area contributed by atoms with Gasteiger partial charge in [-0.1, -0.05) is 42.5 Å². The number of hydrogen-bond donors (Lipinski definition) is 0. The Bertz CT molecular complexity index is 1450. The lowest BCUT2D eigenvalue weighted by Crippen LogP contribution is -2.36. The van der Waals surface area contributed by atoms with Gasteiger partial charge in [-0.2, -0.15) is 0 Å². The molecule has 0 amide bonds. The van der Waals surface area contributed by atoms with Crippen molar-refractivity contribution in [3.8, 4) is 28.3 Å². The second kappa shape index (κ2) is 8.98. The maximum Gasteiger partial charge on any atom is 0.205 e. The van der Waals surface area contributed by atoms with Crippen LogP contribution in [0.15, 0.2) is 60.0 Å². The molecule has 0 spiro atoms. The molecule has 4 heterocycles. The van der Waals surface area contributed by atoms with Crippen LogP contribution in [-0.2, 0) is 11.3 Å². The van der Waals surface area contributed by atoms with Gasteiger partial charge in [0, 0.05) is 29.6 Å². The normalized spacial score (nSPS) is 14.6. The molecular weight excluding hydrogens is 453 g/mol. The van der Waals surface area contributed by atoms with E-state index in [1.54, 1.807) is 23.5 Å². The van der Waals surface area contributed by atoms with Crippen LogP contribution in [0.2, 0.25) is 0 Å². The lowest BCUT2D eigenvalue weighted by Gasteiger charge is -2.25. The molecule has 170 valence electrons. The van der Waals surface area contributed by atoms with Gasteiger partial charge >= 0.3 is 0 Å². The number of nitrogens with zero attached hydrogens (tertiary/aromatic N) is 7. The van der Waals surface area contributed by atoms with Gasteiger partial charge in [0.25, 0.3) is 0 Å². The Morgan fingerprint density at radius 1 is 0.971 bits per heavy atom. The first-order valence-electron chi connectivity index (χ1n) is 10.9. The number of hydrogen-bond acceptors (Lipinski definition) is 8. The highest BCUT2D eigenvalue weighted by Crippen LogP contribution is 2.36. The van der Waals surface area contributed by atoms with Gasteiger partial charge in [-0.15, -0.1) is 26.3 Å². The quantitative estimate of drug-likeness (QED) is 0.382. The van der Waals surface area contributed by atoms with Crippen LogP contribution >= 0.6 is 11.3 Å². The molecular formula is C24H20FN7OS. The van der Waals surface area contributed by atoms with E-state index in [1.807, 2.05) is 18.2 Å². The molecule has 1 aliphatic rings. The highest BCUT2D eigenvalue weighted by Gasteiger charge is 2.21. The number of halogens is 1. The fourth-order valence-corrected chi connectivity index (χ4v) is 4.98. The van der Waals surface area contributed by atoms with Crippen LogP contribution in [0.4, 0.5) is 4.39 Å². The Kier molecular flexibility index (Phi) is 5.54. The van der Waals surface area contributed by atoms with Gasteiger partial charge in [0.05, 0.1) is 25.1 Å². The summed E-state index contributed by atoms with van der Waals surface area (Å²) >= 11 is 1.57. The molecule has 0 N–H and O–H groups in total. The molecule has 2 aromatic carbocycles. The SMILES string of the molecule is Fc1cccc(-c2nnn(-c3nc(CN4CCOCC4)nc4scc(-c5ccccc5)c34)n2)c1. The Balaban J connectivity index is 1.48. The second-order valence-electron chi connectivity index (χ2n) is 7.96. The minimum atomic E-state index is -0.352. The summed E-state index contributed by atoms with van der Waals surface area (Å²) in [5.74, 6) is 1.23. The van der Waals surface area contributed by atoms with Gasteiger partial charge in [-0.05, 0) is 22.9 Å². The maximum atomic E-state index is 13.7. The number of aromatic nitrogens is 6. The number of tetrazole rings is 1. The predicted molar refractivity (Wildman–Crippen MR) is 127 cm³/mol. The number of fused-ring (bicyclic) bond motifs is 1. The van der Waals surface area contributed by atoms with Crippen LogP contribution in [-0.4, -0.2) is 61.4 Å². The maximum absolute atomic E-state index is 13.7. The fraction of sp³-hybridized carbons (Fsp3) is 0.208. The molecule has 8 nitrogen and oxygen atoms in total. The minimum Gasteiger partial charge on any atom is -0.379 e. The van der Waals surface area contributed by atoms with Crippen molar-refractivity contribution < 1.29 is 9.13 Å². The Hall–Kier alpha value is -3.60. The summed E-state index contributed by atoms with van der Waals surface area (Å²) in [4.78, 5) is 14.3. The first-order chi connectivity index (χ1) is 16.7. The van der Waals surface area contributed by atoms with E-state index in [9.17, 15) is 4.39 Å².